The Hall–Kier alpha value is 0.830. The van der Waals surface area contributed by atoms with E-state index in [0.29, 0.717) is 0 Å². The van der Waals surface area contributed by atoms with Gasteiger partial charge in [-0.1, -0.05) is 99.5 Å². The van der Waals surface area contributed by atoms with Gasteiger partial charge in [0.2, 0.25) is 3.92 Å². The van der Waals surface area contributed by atoms with Crippen molar-refractivity contribution >= 4 is 34.8 Å². The minimum atomic E-state index is -1.29. The summed E-state index contributed by atoms with van der Waals surface area (Å²) < 4.78 is -1.29. The van der Waals surface area contributed by atoms with Gasteiger partial charge < -0.3 is 0 Å². The first-order chi connectivity index (χ1) is 8.06. The van der Waals surface area contributed by atoms with Gasteiger partial charge in [-0.05, 0) is 13.0 Å². The van der Waals surface area contributed by atoms with Crippen LogP contribution in [0.1, 0.15) is 71.1 Å². The van der Waals surface area contributed by atoms with Crippen molar-refractivity contribution < 1.29 is 0 Å². The lowest BCUT2D eigenvalue weighted by Gasteiger charge is -2.12. The van der Waals surface area contributed by atoms with Gasteiger partial charge in [-0.25, -0.2) is 0 Å². The summed E-state index contributed by atoms with van der Waals surface area (Å²) in [5.41, 5.74) is 0. The molecule has 0 aliphatic heterocycles. The zero-order chi connectivity index (χ0) is 13.0. The summed E-state index contributed by atoms with van der Waals surface area (Å²) in [5.74, 6) is 0. The highest BCUT2D eigenvalue weighted by molar-refractivity contribution is 6.67. The minimum absolute atomic E-state index is 0.785. The molecule has 0 rings (SSSR count). The van der Waals surface area contributed by atoms with E-state index in [9.17, 15) is 0 Å². The fourth-order valence-electron chi connectivity index (χ4n) is 1.84. The maximum absolute atomic E-state index is 5.58. The molecule has 1 nitrogen and oxygen atoms in total. The normalized spacial score (nSPS) is 12.0. The van der Waals surface area contributed by atoms with Crippen LogP contribution in [0.25, 0.3) is 0 Å². The first-order valence-corrected chi connectivity index (χ1v) is 8.01. The summed E-state index contributed by atoms with van der Waals surface area (Å²) >= 11 is 16.7. The van der Waals surface area contributed by atoms with Gasteiger partial charge in [-0.2, -0.15) is 0 Å². The summed E-state index contributed by atoms with van der Waals surface area (Å²) in [5, 5.41) is 2.84. The Morgan fingerprint density at radius 3 is 1.53 bits per heavy atom. The lowest BCUT2D eigenvalue weighted by molar-refractivity contribution is 0.545. The number of halogens is 3. The first-order valence-electron chi connectivity index (χ1n) is 6.88. The third kappa shape index (κ3) is 16.8. The molecule has 0 saturated carbocycles. The average molecular weight is 303 g/mol. The molecule has 1 N–H and O–H groups in total. The van der Waals surface area contributed by atoms with Crippen molar-refractivity contribution in [1.82, 2.24) is 5.32 Å². The molecule has 0 saturated heterocycles. The summed E-state index contributed by atoms with van der Waals surface area (Å²) in [6.45, 7) is 3.04. The molecule has 104 valence electrons. The zero-order valence-electron chi connectivity index (χ0n) is 10.9. The number of hydrogen-bond donors (Lipinski definition) is 1. The highest BCUT2D eigenvalue weighted by Gasteiger charge is 2.16. The van der Waals surface area contributed by atoms with E-state index in [1.165, 1.54) is 57.8 Å². The number of unbranched alkanes of at least 4 members (excludes halogenated alkanes) is 9. The van der Waals surface area contributed by atoms with E-state index in [4.69, 9.17) is 34.8 Å². The van der Waals surface area contributed by atoms with E-state index in [1.54, 1.807) is 0 Å². The molecule has 0 aromatic rings. The summed E-state index contributed by atoms with van der Waals surface area (Å²) in [6.07, 6.45) is 13.3. The Labute approximate surface area is 122 Å². The molecule has 4 heteroatoms. The van der Waals surface area contributed by atoms with Crippen LogP contribution in [0.5, 0.6) is 0 Å². The van der Waals surface area contributed by atoms with Crippen molar-refractivity contribution in [3.05, 3.63) is 0 Å². The minimum Gasteiger partial charge on any atom is -0.273 e. The van der Waals surface area contributed by atoms with E-state index in [0.717, 1.165) is 13.0 Å². The molecule has 0 radical (unpaired) electrons. The monoisotopic (exact) mass is 301 g/mol. The fourth-order valence-corrected chi connectivity index (χ4v) is 2.13. The van der Waals surface area contributed by atoms with Crippen LogP contribution < -0.4 is 5.32 Å². The molecule has 0 heterocycles. The van der Waals surface area contributed by atoms with Crippen LogP contribution in [-0.4, -0.2) is 10.5 Å². The third-order valence-corrected chi connectivity index (χ3v) is 3.26. The second-order valence-corrected chi connectivity index (χ2v) is 6.89. The van der Waals surface area contributed by atoms with Gasteiger partial charge in [-0.15, -0.1) is 0 Å². The Kier molecular flexibility index (Phi) is 12.5. The van der Waals surface area contributed by atoms with Gasteiger partial charge in [0, 0.05) is 0 Å². The second-order valence-electron chi connectivity index (χ2n) is 4.61. The molecular formula is C13H26Cl3N. The lowest BCUT2D eigenvalue weighted by Crippen LogP contribution is -2.28. The highest BCUT2D eigenvalue weighted by atomic mass is 35.6. The maximum atomic E-state index is 5.58. The predicted molar refractivity (Wildman–Crippen MR) is 80.1 cm³/mol. The fraction of sp³-hybridized carbons (Fsp3) is 1.00. The van der Waals surface area contributed by atoms with E-state index in [1.807, 2.05) is 0 Å². The summed E-state index contributed by atoms with van der Waals surface area (Å²) in [4.78, 5) is 0. The van der Waals surface area contributed by atoms with Gasteiger partial charge in [0.05, 0.1) is 0 Å². The highest BCUT2D eigenvalue weighted by Crippen LogP contribution is 2.21. The molecule has 0 fully saturated rings. The largest absolute Gasteiger partial charge is 0.273 e. The van der Waals surface area contributed by atoms with Crippen molar-refractivity contribution in [1.29, 1.82) is 0 Å². The Bertz CT molecular complexity index is 157. The lowest BCUT2D eigenvalue weighted by atomic mass is 10.1. The number of alkyl halides is 3. The Morgan fingerprint density at radius 1 is 0.706 bits per heavy atom. The molecule has 0 aliphatic rings. The molecule has 0 amide bonds. The van der Waals surface area contributed by atoms with Gasteiger partial charge in [0.25, 0.3) is 0 Å². The van der Waals surface area contributed by atoms with Gasteiger partial charge in [0.15, 0.2) is 0 Å². The van der Waals surface area contributed by atoms with Crippen molar-refractivity contribution in [2.75, 3.05) is 6.54 Å². The smallest absolute Gasteiger partial charge is 0.245 e. The van der Waals surface area contributed by atoms with Crippen molar-refractivity contribution in [3.8, 4) is 0 Å². The van der Waals surface area contributed by atoms with Crippen LogP contribution in [0.3, 0.4) is 0 Å². The maximum Gasteiger partial charge on any atom is 0.245 e. The number of rotatable bonds is 11. The molecule has 17 heavy (non-hydrogen) atoms. The number of hydrogen-bond acceptors (Lipinski definition) is 1. The molecule has 0 spiro atoms. The van der Waals surface area contributed by atoms with E-state index >= 15 is 0 Å². The van der Waals surface area contributed by atoms with Gasteiger partial charge in [0.1, 0.15) is 0 Å². The van der Waals surface area contributed by atoms with Crippen LogP contribution in [-0.2, 0) is 0 Å². The first kappa shape index (κ1) is 17.8. The molecule has 0 aliphatic carbocycles. The van der Waals surface area contributed by atoms with E-state index < -0.39 is 3.92 Å². The molecule has 0 aromatic carbocycles. The quantitative estimate of drug-likeness (QED) is 0.288. The third-order valence-electron chi connectivity index (χ3n) is 2.86. The zero-order valence-corrected chi connectivity index (χ0v) is 13.2. The SMILES string of the molecule is CCCCCCCCCCCCNC(Cl)(Cl)Cl. The predicted octanol–water partition coefficient (Wildman–Crippen LogP) is 5.82. The van der Waals surface area contributed by atoms with Crippen molar-refractivity contribution in [3.63, 3.8) is 0 Å². The Balaban J connectivity index is 2.99. The average Bonchev–Trinajstić information content (AvgIpc) is 2.24. The van der Waals surface area contributed by atoms with Crippen molar-refractivity contribution in [2.45, 2.75) is 75.0 Å². The van der Waals surface area contributed by atoms with Crippen LogP contribution in [0, 0.1) is 0 Å². The summed E-state index contributed by atoms with van der Waals surface area (Å²) in [7, 11) is 0. The summed E-state index contributed by atoms with van der Waals surface area (Å²) in [6, 6.07) is 0. The molecule has 0 atom stereocenters. The Morgan fingerprint density at radius 2 is 1.12 bits per heavy atom. The topological polar surface area (TPSA) is 12.0 Å². The molecule has 0 aromatic heterocycles. The van der Waals surface area contributed by atoms with E-state index in [2.05, 4.69) is 12.2 Å². The van der Waals surface area contributed by atoms with Crippen LogP contribution in [0.15, 0.2) is 0 Å². The molecule has 0 bridgehead atoms. The number of nitrogens with one attached hydrogen (secondary N) is 1. The van der Waals surface area contributed by atoms with Crippen LogP contribution >= 0.6 is 34.8 Å². The molecule has 0 unspecified atom stereocenters. The second kappa shape index (κ2) is 11.9. The van der Waals surface area contributed by atoms with E-state index in [-0.39, 0.29) is 0 Å². The van der Waals surface area contributed by atoms with Crippen LogP contribution in [0.2, 0.25) is 0 Å². The van der Waals surface area contributed by atoms with Crippen molar-refractivity contribution in [2.24, 2.45) is 0 Å². The van der Waals surface area contributed by atoms with Gasteiger partial charge in [-0.3, -0.25) is 5.32 Å². The molecular weight excluding hydrogens is 277 g/mol. The van der Waals surface area contributed by atoms with Gasteiger partial charge >= 0.3 is 0 Å². The van der Waals surface area contributed by atoms with Crippen LogP contribution in [0.4, 0.5) is 0 Å². The standard InChI is InChI=1S/C13H26Cl3N/c1-2-3-4-5-6-7-8-9-10-11-12-17-13(14,15)16/h17H,2-12H2,1H3.